The van der Waals surface area contributed by atoms with Crippen LogP contribution < -0.4 is 11.1 Å². The van der Waals surface area contributed by atoms with Crippen molar-refractivity contribution in [1.29, 1.82) is 0 Å². The number of nitrogens with two attached hydrogens (primary N) is 1. The number of amides is 1. The zero-order valence-electron chi connectivity index (χ0n) is 12.6. The van der Waals surface area contributed by atoms with Crippen LogP contribution in [-0.4, -0.2) is 12.5 Å². The number of anilines is 1. The van der Waals surface area contributed by atoms with Gasteiger partial charge in [-0.15, -0.1) is 0 Å². The Morgan fingerprint density at radius 2 is 1.95 bits per heavy atom. The van der Waals surface area contributed by atoms with Crippen molar-refractivity contribution in [2.75, 3.05) is 11.9 Å². The minimum atomic E-state index is -0.0537. The quantitative estimate of drug-likeness (QED) is 0.857. The minimum Gasteiger partial charge on any atom is -0.469 e. The predicted octanol–water partition coefficient (Wildman–Crippen LogP) is 3.09. The zero-order valence-corrected chi connectivity index (χ0v) is 12.6. The maximum Gasteiger partial charge on any atom is 0.224 e. The molecule has 0 spiro atoms. The van der Waals surface area contributed by atoms with Gasteiger partial charge in [0.1, 0.15) is 5.76 Å². The van der Waals surface area contributed by atoms with Gasteiger partial charge in [-0.05, 0) is 29.8 Å². The minimum absolute atomic E-state index is 0.0164. The molecular weight excluding hydrogens is 264 g/mol. The van der Waals surface area contributed by atoms with Crippen LogP contribution in [0.25, 0.3) is 0 Å². The predicted molar refractivity (Wildman–Crippen MR) is 84.2 cm³/mol. The van der Waals surface area contributed by atoms with Crippen LogP contribution in [0, 0.1) is 0 Å². The summed E-state index contributed by atoms with van der Waals surface area (Å²) in [5.74, 6) is 0.808. The molecule has 1 amide bonds. The first-order chi connectivity index (χ1) is 10.0. The highest BCUT2D eigenvalue weighted by Crippen LogP contribution is 2.23. The van der Waals surface area contributed by atoms with E-state index in [1.54, 1.807) is 6.26 Å². The average molecular weight is 286 g/mol. The fourth-order valence-electron chi connectivity index (χ4n) is 2.04. The Bertz CT molecular complexity index is 571. The molecule has 0 saturated carbocycles. The number of benzene rings is 1. The van der Waals surface area contributed by atoms with Crippen molar-refractivity contribution in [3.05, 3.63) is 54.0 Å². The van der Waals surface area contributed by atoms with Crippen molar-refractivity contribution in [3.63, 3.8) is 0 Å². The van der Waals surface area contributed by atoms with Crippen LogP contribution in [-0.2, 0) is 16.6 Å². The first-order valence-corrected chi connectivity index (χ1v) is 7.14. The molecule has 0 saturated heterocycles. The summed E-state index contributed by atoms with van der Waals surface area (Å²) in [4.78, 5) is 11.9. The lowest BCUT2D eigenvalue weighted by molar-refractivity contribution is -0.116. The maximum atomic E-state index is 11.9. The molecule has 0 atom stereocenters. The van der Waals surface area contributed by atoms with Gasteiger partial charge in [-0.2, -0.15) is 0 Å². The number of rotatable bonds is 6. The topological polar surface area (TPSA) is 68.3 Å². The number of nitrogens with one attached hydrogen (secondary N) is 1. The highest BCUT2D eigenvalue weighted by atomic mass is 16.3. The van der Waals surface area contributed by atoms with Crippen LogP contribution in [0.15, 0.2) is 47.1 Å². The number of carbonyl (C=O) groups excluding carboxylic acids is 1. The lowest BCUT2D eigenvalue weighted by atomic mass is 9.85. The molecule has 0 bridgehead atoms. The number of hydrogen-bond acceptors (Lipinski definition) is 3. The molecule has 0 radical (unpaired) electrons. The summed E-state index contributed by atoms with van der Waals surface area (Å²) in [5, 5.41) is 2.89. The second-order valence-corrected chi connectivity index (χ2v) is 5.79. The Kier molecular flexibility index (Phi) is 4.81. The average Bonchev–Trinajstić information content (AvgIpc) is 2.99. The van der Waals surface area contributed by atoms with Gasteiger partial charge in [-0.25, -0.2) is 0 Å². The molecule has 4 heteroatoms. The summed E-state index contributed by atoms with van der Waals surface area (Å²) in [6, 6.07) is 11.5. The van der Waals surface area contributed by atoms with Crippen LogP contribution in [0.3, 0.4) is 0 Å². The Morgan fingerprint density at radius 1 is 1.24 bits per heavy atom. The van der Waals surface area contributed by atoms with Crippen molar-refractivity contribution < 1.29 is 9.21 Å². The van der Waals surface area contributed by atoms with E-state index in [0.29, 0.717) is 19.4 Å². The van der Waals surface area contributed by atoms with Crippen molar-refractivity contribution in [2.45, 2.75) is 32.1 Å². The Labute approximate surface area is 125 Å². The van der Waals surface area contributed by atoms with Gasteiger partial charge in [0.25, 0.3) is 0 Å². The van der Waals surface area contributed by atoms with Crippen LogP contribution in [0.1, 0.15) is 31.6 Å². The smallest absolute Gasteiger partial charge is 0.224 e. The first kappa shape index (κ1) is 15.3. The molecular formula is C17H22N2O2. The van der Waals surface area contributed by atoms with Gasteiger partial charge >= 0.3 is 0 Å². The highest BCUT2D eigenvalue weighted by Gasteiger charge is 2.18. The van der Waals surface area contributed by atoms with Gasteiger partial charge in [0, 0.05) is 30.5 Å². The number of furan rings is 1. The molecule has 3 N–H and O–H groups in total. The molecule has 2 aromatic rings. The van der Waals surface area contributed by atoms with E-state index in [4.69, 9.17) is 10.2 Å². The third kappa shape index (κ3) is 4.20. The third-order valence-electron chi connectivity index (χ3n) is 3.64. The molecule has 4 nitrogen and oxygen atoms in total. The van der Waals surface area contributed by atoms with Gasteiger partial charge < -0.3 is 15.5 Å². The van der Waals surface area contributed by atoms with Gasteiger partial charge in [0.05, 0.1) is 6.26 Å². The number of carbonyl (C=O) groups is 1. The van der Waals surface area contributed by atoms with Crippen molar-refractivity contribution in [3.8, 4) is 0 Å². The van der Waals surface area contributed by atoms with Gasteiger partial charge in [0.15, 0.2) is 0 Å². The lowest BCUT2D eigenvalue weighted by Gasteiger charge is -2.23. The summed E-state index contributed by atoms with van der Waals surface area (Å²) < 4.78 is 5.21. The van der Waals surface area contributed by atoms with Crippen molar-refractivity contribution in [1.82, 2.24) is 0 Å². The van der Waals surface area contributed by atoms with E-state index in [1.165, 1.54) is 5.56 Å². The summed E-state index contributed by atoms with van der Waals surface area (Å²) >= 11 is 0. The molecule has 112 valence electrons. The van der Waals surface area contributed by atoms with Gasteiger partial charge in [-0.3, -0.25) is 4.79 Å². The molecule has 0 aliphatic heterocycles. The Hall–Kier alpha value is -2.07. The van der Waals surface area contributed by atoms with Crippen LogP contribution in [0.4, 0.5) is 5.69 Å². The van der Waals surface area contributed by atoms with E-state index >= 15 is 0 Å². The maximum absolute atomic E-state index is 11.9. The van der Waals surface area contributed by atoms with E-state index in [9.17, 15) is 4.79 Å². The molecule has 1 aromatic carbocycles. The number of aryl methyl sites for hydroxylation is 1. The molecule has 1 aromatic heterocycles. The second kappa shape index (κ2) is 6.59. The second-order valence-electron chi connectivity index (χ2n) is 5.79. The monoisotopic (exact) mass is 286 g/mol. The van der Waals surface area contributed by atoms with Crippen LogP contribution >= 0.6 is 0 Å². The fourth-order valence-corrected chi connectivity index (χ4v) is 2.04. The molecule has 0 aliphatic rings. The third-order valence-corrected chi connectivity index (χ3v) is 3.64. The normalized spacial score (nSPS) is 11.4. The molecule has 0 unspecified atom stereocenters. The summed E-state index contributed by atoms with van der Waals surface area (Å²) in [5.41, 5.74) is 7.68. The largest absolute Gasteiger partial charge is 0.469 e. The molecule has 0 fully saturated rings. The fraction of sp³-hybridized carbons (Fsp3) is 0.353. The van der Waals surface area contributed by atoms with E-state index in [-0.39, 0.29) is 11.3 Å². The molecule has 1 heterocycles. The molecule has 21 heavy (non-hydrogen) atoms. The van der Waals surface area contributed by atoms with Crippen molar-refractivity contribution >= 4 is 11.6 Å². The van der Waals surface area contributed by atoms with E-state index in [1.807, 2.05) is 36.4 Å². The Balaban J connectivity index is 1.89. The first-order valence-electron chi connectivity index (χ1n) is 7.14. The van der Waals surface area contributed by atoms with Gasteiger partial charge in [0.2, 0.25) is 5.91 Å². The van der Waals surface area contributed by atoms with Crippen molar-refractivity contribution in [2.24, 2.45) is 5.73 Å². The zero-order chi connectivity index (χ0) is 15.3. The standard InChI is InChI=1S/C17H22N2O2/c1-17(2,12-18)13-5-7-14(8-6-13)19-16(20)10-9-15-4-3-11-21-15/h3-8,11H,9-10,12,18H2,1-2H3,(H,19,20). The van der Waals surface area contributed by atoms with E-state index < -0.39 is 0 Å². The number of hydrogen-bond donors (Lipinski definition) is 2. The Morgan fingerprint density at radius 3 is 2.52 bits per heavy atom. The van der Waals surface area contributed by atoms with E-state index in [2.05, 4.69) is 19.2 Å². The molecule has 0 aliphatic carbocycles. The summed E-state index contributed by atoms with van der Waals surface area (Å²) in [6.45, 7) is 4.79. The molecule has 2 rings (SSSR count). The SMILES string of the molecule is CC(C)(CN)c1ccc(NC(=O)CCc2ccco2)cc1. The highest BCUT2D eigenvalue weighted by molar-refractivity contribution is 5.90. The van der Waals surface area contributed by atoms with E-state index in [0.717, 1.165) is 11.4 Å². The summed E-state index contributed by atoms with van der Waals surface area (Å²) in [7, 11) is 0. The van der Waals surface area contributed by atoms with Gasteiger partial charge in [-0.1, -0.05) is 26.0 Å². The summed E-state index contributed by atoms with van der Waals surface area (Å²) in [6.07, 6.45) is 2.63. The lowest BCUT2D eigenvalue weighted by Crippen LogP contribution is -2.27. The van der Waals surface area contributed by atoms with Crippen LogP contribution in [0.5, 0.6) is 0 Å². The van der Waals surface area contributed by atoms with Crippen LogP contribution in [0.2, 0.25) is 0 Å².